The SMILES string of the molecule is Cc1ccc(-c2ccccc2)c(C(N)=NO)c1. The Balaban J connectivity index is 2.62. The molecular formula is C14H14N2O. The van der Waals surface area contributed by atoms with Crippen molar-refractivity contribution in [2.24, 2.45) is 10.9 Å². The first-order valence-corrected chi connectivity index (χ1v) is 5.36. The number of hydrogen-bond donors (Lipinski definition) is 2. The van der Waals surface area contributed by atoms with Gasteiger partial charge in [0.25, 0.3) is 0 Å². The Morgan fingerprint density at radius 3 is 2.47 bits per heavy atom. The lowest BCUT2D eigenvalue weighted by atomic mass is 9.97. The molecule has 0 radical (unpaired) electrons. The van der Waals surface area contributed by atoms with Gasteiger partial charge in [-0.3, -0.25) is 0 Å². The average molecular weight is 226 g/mol. The van der Waals surface area contributed by atoms with Crippen LogP contribution in [0.4, 0.5) is 0 Å². The summed E-state index contributed by atoms with van der Waals surface area (Å²) in [7, 11) is 0. The van der Waals surface area contributed by atoms with Crippen LogP contribution in [0.5, 0.6) is 0 Å². The molecule has 17 heavy (non-hydrogen) atoms. The van der Waals surface area contributed by atoms with Gasteiger partial charge in [0, 0.05) is 5.56 Å². The largest absolute Gasteiger partial charge is 0.409 e. The molecule has 0 bridgehead atoms. The van der Waals surface area contributed by atoms with E-state index in [4.69, 9.17) is 10.9 Å². The van der Waals surface area contributed by atoms with E-state index in [1.165, 1.54) is 0 Å². The van der Waals surface area contributed by atoms with Crippen molar-refractivity contribution < 1.29 is 5.21 Å². The van der Waals surface area contributed by atoms with Crippen molar-refractivity contribution in [3.63, 3.8) is 0 Å². The number of rotatable bonds is 2. The van der Waals surface area contributed by atoms with Gasteiger partial charge in [-0.25, -0.2) is 0 Å². The molecular weight excluding hydrogens is 212 g/mol. The number of benzene rings is 2. The Morgan fingerprint density at radius 2 is 1.82 bits per heavy atom. The van der Waals surface area contributed by atoms with Gasteiger partial charge in [0.2, 0.25) is 0 Å². The van der Waals surface area contributed by atoms with E-state index in [1.807, 2.05) is 55.5 Å². The molecule has 0 atom stereocenters. The summed E-state index contributed by atoms with van der Waals surface area (Å²) >= 11 is 0. The third-order valence-corrected chi connectivity index (χ3v) is 2.64. The minimum atomic E-state index is 0.132. The molecule has 2 rings (SSSR count). The predicted octanol–water partition coefficient (Wildman–Crippen LogP) is 2.76. The minimum Gasteiger partial charge on any atom is -0.409 e. The summed E-state index contributed by atoms with van der Waals surface area (Å²) in [6.45, 7) is 1.98. The summed E-state index contributed by atoms with van der Waals surface area (Å²) in [5.41, 5.74) is 9.54. The summed E-state index contributed by atoms with van der Waals surface area (Å²) in [6, 6.07) is 15.8. The van der Waals surface area contributed by atoms with Crippen LogP contribution in [-0.2, 0) is 0 Å². The third-order valence-electron chi connectivity index (χ3n) is 2.64. The Labute approximate surface area is 100 Å². The molecule has 0 aliphatic heterocycles. The van der Waals surface area contributed by atoms with E-state index in [0.717, 1.165) is 22.3 Å². The highest BCUT2D eigenvalue weighted by Crippen LogP contribution is 2.24. The second kappa shape index (κ2) is 4.70. The van der Waals surface area contributed by atoms with Crippen LogP contribution in [0, 0.1) is 6.92 Å². The molecule has 2 aromatic carbocycles. The molecule has 3 N–H and O–H groups in total. The predicted molar refractivity (Wildman–Crippen MR) is 69.1 cm³/mol. The maximum atomic E-state index is 8.81. The van der Waals surface area contributed by atoms with Crippen LogP contribution >= 0.6 is 0 Å². The molecule has 0 aliphatic carbocycles. The molecule has 0 fully saturated rings. The summed E-state index contributed by atoms with van der Waals surface area (Å²) in [6.07, 6.45) is 0. The lowest BCUT2D eigenvalue weighted by Gasteiger charge is -2.09. The number of aryl methyl sites for hydroxylation is 1. The molecule has 0 amide bonds. The van der Waals surface area contributed by atoms with Crippen molar-refractivity contribution in [1.29, 1.82) is 0 Å². The highest BCUT2D eigenvalue weighted by molar-refractivity contribution is 6.03. The summed E-state index contributed by atoms with van der Waals surface area (Å²) < 4.78 is 0. The monoisotopic (exact) mass is 226 g/mol. The molecule has 0 aliphatic rings. The number of oxime groups is 1. The molecule has 0 saturated heterocycles. The van der Waals surface area contributed by atoms with E-state index < -0.39 is 0 Å². The van der Waals surface area contributed by atoms with Gasteiger partial charge in [-0.15, -0.1) is 0 Å². The molecule has 0 unspecified atom stereocenters. The first-order chi connectivity index (χ1) is 8.22. The Kier molecular flexibility index (Phi) is 3.10. The normalized spacial score (nSPS) is 11.5. The number of nitrogens with two attached hydrogens (primary N) is 1. The van der Waals surface area contributed by atoms with Gasteiger partial charge in [0.15, 0.2) is 5.84 Å². The van der Waals surface area contributed by atoms with Crippen molar-refractivity contribution >= 4 is 5.84 Å². The van der Waals surface area contributed by atoms with Crippen molar-refractivity contribution in [3.05, 3.63) is 59.7 Å². The fourth-order valence-corrected chi connectivity index (χ4v) is 1.79. The zero-order valence-corrected chi connectivity index (χ0v) is 9.59. The lowest BCUT2D eigenvalue weighted by molar-refractivity contribution is 0.318. The number of amidine groups is 1. The maximum Gasteiger partial charge on any atom is 0.170 e. The third kappa shape index (κ3) is 2.28. The van der Waals surface area contributed by atoms with Gasteiger partial charge >= 0.3 is 0 Å². The van der Waals surface area contributed by atoms with E-state index in [9.17, 15) is 0 Å². The van der Waals surface area contributed by atoms with E-state index >= 15 is 0 Å². The van der Waals surface area contributed by atoms with Gasteiger partial charge < -0.3 is 10.9 Å². The van der Waals surface area contributed by atoms with Crippen LogP contribution in [0.15, 0.2) is 53.7 Å². The smallest absolute Gasteiger partial charge is 0.170 e. The van der Waals surface area contributed by atoms with Gasteiger partial charge in [-0.05, 0) is 24.1 Å². The quantitative estimate of drug-likeness (QED) is 0.358. The fraction of sp³-hybridized carbons (Fsp3) is 0.0714. The summed E-state index contributed by atoms with van der Waals surface area (Å²) in [5.74, 6) is 0.132. The van der Waals surface area contributed by atoms with Gasteiger partial charge in [0.1, 0.15) is 0 Å². The van der Waals surface area contributed by atoms with E-state index in [0.29, 0.717) is 0 Å². The van der Waals surface area contributed by atoms with Crippen LogP contribution in [0.25, 0.3) is 11.1 Å². The molecule has 86 valence electrons. The molecule has 3 heteroatoms. The molecule has 3 nitrogen and oxygen atoms in total. The average Bonchev–Trinajstić information content (AvgIpc) is 2.38. The summed E-state index contributed by atoms with van der Waals surface area (Å²) in [5, 5.41) is 11.9. The van der Waals surface area contributed by atoms with Crippen molar-refractivity contribution in [3.8, 4) is 11.1 Å². The van der Waals surface area contributed by atoms with Gasteiger partial charge in [-0.2, -0.15) is 0 Å². The number of hydrogen-bond acceptors (Lipinski definition) is 2. The number of nitrogens with zero attached hydrogens (tertiary/aromatic N) is 1. The second-order valence-corrected chi connectivity index (χ2v) is 3.90. The standard InChI is InChI=1S/C14H14N2O/c1-10-7-8-12(11-5-3-2-4-6-11)13(9-10)14(15)16-17/h2-9,17H,1H3,(H2,15,16). The fourth-order valence-electron chi connectivity index (χ4n) is 1.79. The van der Waals surface area contributed by atoms with E-state index in [1.54, 1.807) is 0 Å². The second-order valence-electron chi connectivity index (χ2n) is 3.90. The molecule has 0 heterocycles. The van der Waals surface area contributed by atoms with Crippen LogP contribution in [-0.4, -0.2) is 11.0 Å². The highest BCUT2D eigenvalue weighted by atomic mass is 16.4. The van der Waals surface area contributed by atoms with E-state index in [2.05, 4.69) is 5.16 Å². The van der Waals surface area contributed by atoms with Gasteiger partial charge in [-0.1, -0.05) is 53.2 Å². The first kappa shape index (κ1) is 11.2. The Morgan fingerprint density at radius 1 is 1.12 bits per heavy atom. The molecule has 2 aromatic rings. The topological polar surface area (TPSA) is 58.6 Å². The lowest BCUT2D eigenvalue weighted by Crippen LogP contribution is -2.14. The Bertz CT molecular complexity index is 547. The maximum absolute atomic E-state index is 8.81. The zero-order chi connectivity index (χ0) is 12.3. The molecule has 0 aromatic heterocycles. The van der Waals surface area contributed by atoms with E-state index in [-0.39, 0.29) is 5.84 Å². The first-order valence-electron chi connectivity index (χ1n) is 5.36. The molecule has 0 spiro atoms. The van der Waals surface area contributed by atoms with Crippen LogP contribution in [0.3, 0.4) is 0 Å². The zero-order valence-electron chi connectivity index (χ0n) is 9.59. The van der Waals surface area contributed by atoms with Crippen molar-refractivity contribution in [2.45, 2.75) is 6.92 Å². The highest BCUT2D eigenvalue weighted by Gasteiger charge is 2.08. The molecule has 0 saturated carbocycles. The van der Waals surface area contributed by atoms with Crippen LogP contribution in [0.2, 0.25) is 0 Å². The Hall–Kier alpha value is -2.29. The van der Waals surface area contributed by atoms with Gasteiger partial charge in [0.05, 0.1) is 0 Å². The summed E-state index contributed by atoms with van der Waals surface area (Å²) in [4.78, 5) is 0. The minimum absolute atomic E-state index is 0.132. The van der Waals surface area contributed by atoms with Crippen molar-refractivity contribution in [2.75, 3.05) is 0 Å². The van der Waals surface area contributed by atoms with Crippen molar-refractivity contribution in [1.82, 2.24) is 0 Å². The van der Waals surface area contributed by atoms with Crippen LogP contribution < -0.4 is 5.73 Å². The van der Waals surface area contributed by atoms with Crippen LogP contribution in [0.1, 0.15) is 11.1 Å².